The largest absolute Gasteiger partial charge is 0.380 e. The minimum atomic E-state index is -4.70. The molecule has 0 aliphatic heterocycles. The minimum Gasteiger partial charge on any atom is -0.380 e. The number of carbonyl (C=O) groups excluding carboxylic acids is 1. The van der Waals surface area contributed by atoms with Crippen LogP contribution in [0.4, 0.5) is 14.5 Å². The van der Waals surface area contributed by atoms with Crippen LogP contribution >= 0.6 is 0 Å². The zero-order valence-corrected chi connectivity index (χ0v) is 12.1. The molecule has 0 saturated carbocycles. The monoisotopic (exact) mass is 322 g/mol. The Balaban J connectivity index is 2.85. The lowest BCUT2D eigenvalue weighted by Crippen LogP contribution is -2.28. The molecule has 0 bridgehead atoms. The molecule has 1 amide bonds. The number of rotatable bonds is 7. The highest BCUT2D eigenvalue weighted by molar-refractivity contribution is 7.91. The van der Waals surface area contributed by atoms with Crippen LogP contribution in [0, 0.1) is 0 Å². The smallest absolute Gasteiger partial charge is 0.341 e. The van der Waals surface area contributed by atoms with Crippen molar-refractivity contribution in [2.45, 2.75) is 23.2 Å². The molecule has 0 aliphatic rings. The molecule has 0 fully saturated rings. The van der Waals surface area contributed by atoms with Crippen LogP contribution in [0.2, 0.25) is 0 Å². The Labute approximate surface area is 121 Å². The second kappa shape index (κ2) is 7.43. The van der Waals surface area contributed by atoms with E-state index in [1.807, 2.05) is 0 Å². The van der Waals surface area contributed by atoms with Gasteiger partial charge in [0, 0.05) is 19.3 Å². The molecule has 118 valence electrons. The summed E-state index contributed by atoms with van der Waals surface area (Å²) in [6.07, 6.45) is -0.503. The molecule has 1 atom stereocenters. The summed E-state index contributed by atoms with van der Waals surface area (Å²) in [4.78, 5) is 11.1. The van der Waals surface area contributed by atoms with Gasteiger partial charge in [-0.1, -0.05) is 6.07 Å². The molecule has 1 rings (SSSR count). The standard InChI is InChI=1S/C12H16F2N2O4S/c1-20-9(7-15)6-11(17)16-8-3-2-4-10(5-8)21(18,19)12(13)14/h2-5,9,12H,6-7,15H2,1H3,(H,16,17). The fourth-order valence-electron chi connectivity index (χ4n) is 1.54. The molecule has 9 heteroatoms. The van der Waals surface area contributed by atoms with Gasteiger partial charge in [-0.15, -0.1) is 0 Å². The summed E-state index contributed by atoms with van der Waals surface area (Å²) in [7, 11) is -3.29. The maximum atomic E-state index is 12.5. The van der Waals surface area contributed by atoms with Gasteiger partial charge in [0.05, 0.1) is 17.4 Å². The molecule has 3 N–H and O–H groups in total. The number of alkyl halides is 2. The number of hydrogen-bond acceptors (Lipinski definition) is 5. The lowest BCUT2D eigenvalue weighted by Gasteiger charge is -2.13. The number of carbonyl (C=O) groups is 1. The summed E-state index contributed by atoms with van der Waals surface area (Å²) in [6, 6.07) is 4.67. The van der Waals surface area contributed by atoms with Gasteiger partial charge in [-0.25, -0.2) is 8.42 Å². The molecule has 6 nitrogen and oxygen atoms in total. The molecule has 0 aliphatic carbocycles. The number of methoxy groups -OCH3 is 1. The number of hydrogen-bond donors (Lipinski definition) is 2. The van der Waals surface area contributed by atoms with Gasteiger partial charge in [-0.05, 0) is 18.2 Å². The number of nitrogens with two attached hydrogens (primary N) is 1. The predicted molar refractivity (Wildman–Crippen MR) is 72.7 cm³/mol. The zero-order valence-electron chi connectivity index (χ0n) is 11.3. The van der Waals surface area contributed by atoms with Gasteiger partial charge < -0.3 is 15.8 Å². The normalized spacial score (nSPS) is 13.2. The maximum absolute atomic E-state index is 12.5. The van der Waals surface area contributed by atoms with E-state index >= 15 is 0 Å². The third-order valence-electron chi connectivity index (χ3n) is 2.69. The fourth-order valence-corrected chi connectivity index (χ4v) is 2.30. The van der Waals surface area contributed by atoms with E-state index in [4.69, 9.17) is 10.5 Å². The molecule has 1 aromatic carbocycles. The molecule has 0 spiro atoms. The molecule has 0 radical (unpaired) electrons. The Morgan fingerprint density at radius 1 is 1.43 bits per heavy atom. The van der Waals surface area contributed by atoms with Crippen molar-refractivity contribution in [3.8, 4) is 0 Å². The van der Waals surface area contributed by atoms with Gasteiger partial charge in [-0.3, -0.25) is 4.79 Å². The summed E-state index contributed by atoms with van der Waals surface area (Å²) >= 11 is 0. The SMILES string of the molecule is COC(CN)CC(=O)Nc1cccc(S(=O)(=O)C(F)F)c1. The van der Waals surface area contributed by atoms with Crippen LogP contribution in [0.5, 0.6) is 0 Å². The third kappa shape index (κ3) is 4.73. The van der Waals surface area contributed by atoms with Crippen LogP contribution in [-0.4, -0.2) is 39.8 Å². The number of nitrogens with one attached hydrogen (secondary N) is 1. The summed E-state index contributed by atoms with van der Waals surface area (Å²) in [6.45, 7) is 0.143. The van der Waals surface area contributed by atoms with E-state index < -0.39 is 32.5 Å². The van der Waals surface area contributed by atoms with E-state index in [0.717, 1.165) is 12.1 Å². The highest BCUT2D eigenvalue weighted by atomic mass is 32.2. The van der Waals surface area contributed by atoms with Gasteiger partial charge >= 0.3 is 5.76 Å². The van der Waals surface area contributed by atoms with Gasteiger partial charge in [0.15, 0.2) is 0 Å². The summed E-state index contributed by atoms with van der Waals surface area (Å²) in [5.74, 6) is -3.97. The topological polar surface area (TPSA) is 98.5 Å². The number of amides is 1. The Morgan fingerprint density at radius 2 is 2.10 bits per heavy atom. The third-order valence-corrected chi connectivity index (χ3v) is 4.07. The van der Waals surface area contributed by atoms with Crippen molar-refractivity contribution < 1.29 is 26.7 Å². The predicted octanol–water partition coefficient (Wildman–Crippen LogP) is 0.985. The molecule has 0 heterocycles. The van der Waals surface area contributed by atoms with Gasteiger partial charge in [0.25, 0.3) is 0 Å². The van der Waals surface area contributed by atoms with E-state index in [0.29, 0.717) is 0 Å². The van der Waals surface area contributed by atoms with Crippen LogP contribution in [-0.2, 0) is 19.4 Å². The first-order valence-corrected chi connectivity index (χ1v) is 7.50. The molecule has 21 heavy (non-hydrogen) atoms. The Kier molecular flexibility index (Phi) is 6.19. The van der Waals surface area contributed by atoms with Crippen molar-refractivity contribution in [1.82, 2.24) is 0 Å². The summed E-state index contributed by atoms with van der Waals surface area (Å²) < 4.78 is 52.5. The van der Waals surface area contributed by atoms with E-state index in [1.165, 1.54) is 19.2 Å². The second-order valence-electron chi connectivity index (χ2n) is 4.18. The van der Waals surface area contributed by atoms with E-state index in [1.54, 1.807) is 0 Å². The van der Waals surface area contributed by atoms with Gasteiger partial charge in [0.2, 0.25) is 15.7 Å². The van der Waals surface area contributed by atoms with Crippen molar-refractivity contribution in [3.63, 3.8) is 0 Å². The van der Waals surface area contributed by atoms with Crippen LogP contribution in [0.15, 0.2) is 29.2 Å². The maximum Gasteiger partial charge on any atom is 0.341 e. The number of halogens is 2. The average Bonchev–Trinajstić information content (AvgIpc) is 2.44. The molecule has 1 unspecified atom stereocenters. The summed E-state index contributed by atoms with van der Waals surface area (Å²) in [5.41, 5.74) is 5.48. The average molecular weight is 322 g/mol. The van der Waals surface area contributed by atoms with Crippen molar-refractivity contribution in [2.75, 3.05) is 19.0 Å². The quantitative estimate of drug-likeness (QED) is 0.780. The van der Waals surface area contributed by atoms with Crippen LogP contribution in [0.25, 0.3) is 0 Å². The van der Waals surface area contributed by atoms with Crippen molar-refractivity contribution in [2.24, 2.45) is 5.73 Å². The number of ether oxygens (including phenoxy) is 1. The fraction of sp³-hybridized carbons (Fsp3) is 0.417. The van der Waals surface area contributed by atoms with Crippen molar-refractivity contribution in [1.29, 1.82) is 0 Å². The van der Waals surface area contributed by atoms with Crippen LogP contribution in [0.1, 0.15) is 6.42 Å². The highest BCUT2D eigenvalue weighted by Crippen LogP contribution is 2.21. The Hall–Kier alpha value is -1.58. The first kappa shape index (κ1) is 17.5. The Bertz CT molecular complexity index is 589. The minimum absolute atomic E-state index is 0.0289. The van der Waals surface area contributed by atoms with Crippen LogP contribution in [0.3, 0.4) is 0 Å². The first-order chi connectivity index (χ1) is 9.81. The number of benzene rings is 1. The molecule has 0 aromatic heterocycles. The highest BCUT2D eigenvalue weighted by Gasteiger charge is 2.26. The van der Waals surface area contributed by atoms with Gasteiger partial charge in [-0.2, -0.15) is 8.78 Å². The zero-order chi connectivity index (χ0) is 16.0. The van der Waals surface area contributed by atoms with Crippen molar-refractivity contribution in [3.05, 3.63) is 24.3 Å². The Morgan fingerprint density at radius 3 is 2.62 bits per heavy atom. The molecule has 0 saturated heterocycles. The van der Waals surface area contributed by atoms with Crippen molar-refractivity contribution >= 4 is 21.4 Å². The van der Waals surface area contributed by atoms with Crippen LogP contribution < -0.4 is 11.1 Å². The van der Waals surface area contributed by atoms with Gasteiger partial charge in [0.1, 0.15) is 0 Å². The number of sulfone groups is 1. The lowest BCUT2D eigenvalue weighted by molar-refractivity contribution is -0.118. The molecule has 1 aromatic rings. The first-order valence-electron chi connectivity index (χ1n) is 5.96. The van der Waals surface area contributed by atoms with E-state index in [2.05, 4.69) is 5.32 Å². The number of anilines is 1. The van der Waals surface area contributed by atoms with E-state index in [-0.39, 0.29) is 18.7 Å². The lowest BCUT2D eigenvalue weighted by atomic mass is 10.2. The summed E-state index contributed by atoms with van der Waals surface area (Å²) in [5, 5.41) is 2.41. The molecular weight excluding hydrogens is 306 g/mol. The molecular formula is C12H16F2N2O4S. The second-order valence-corrected chi connectivity index (χ2v) is 6.10. The van der Waals surface area contributed by atoms with E-state index in [9.17, 15) is 22.0 Å².